The molecular weight excluding hydrogens is 224 g/mol. The minimum atomic E-state index is -0.416. The highest BCUT2D eigenvalue weighted by atomic mass is 16.5. The lowest BCUT2D eigenvalue weighted by molar-refractivity contribution is -0.141. The van der Waals surface area contributed by atoms with Crippen molar-refractivity contribution in [3.63, 3.8) is 0 Å². The van der Waals surface area contributed by atoms with Crippen molar-refractivity contribution < 1.29 is 14.3 Å². The number of nitrogen functional groups attached to an aromatic ring is 1. The van der Waals surface area contributed by atoms with Gasteiger partial charge in [0.25, 0.3) is 0 Å². The number of methoxy groups -OCH3 is 2. The van der Waals surface area contributed by atoms with Crippen LogP contribution in [0.25, 0.3) is 11.2 Å². The number of carbonyl (C=O) groups excluding carboxylic acids is 1. The second-order valence-electron chi connectivity index (χ2n) is 3.33. The molecule has 0 spiro atoms. The molecule has 0 fully saturated rings. The molecule has 0 atom stereocenters. The van der Waals surface area contributed by atoms with Crippen LogP contribution in [0.2, 0.25) is 0 Å². The average molecular weight is 236 g/mol. The van der Waals surface area contributed by atoms with E-state index in [0.717, 1.165) is 0 Å². The summed E-state index contributed by atoms with van der Waals surface area (Å²) >= 11 is 0. The molecule has 0 saturated heterocycles. The fraction of sp³-hybridized carbons (Fsp3) is 0.300. The Morgan fingerprint density at radius 2 is 2.18 bits per heavy atom. The number of hydrogen-bond donors (Lipinski definition) is 1. The number of anilines is 1. The number of rotatable bonds is 3. The number of nitrogens with zero attached hydrogens (tertiary/aromatic N) is 3. The molecule has 0 aliphatic rings. The molecule has 0 radical (unpaired) electrons. The highest BCUT2D eigenvalue weighted by Gasteiger charge is 2.13. The lowest BCUT2D eigenvalue weighted by atomic mass is 10.4. The van der Waals surface area contributed by atoms with Crippen molar-refractivity contribution >= 4 is 23.1 Å². The summed E-state index contributed by atoms with van der Waals surface area (Å²) in [6.07, 6.45) is 0. The SMILES string of the molecule is COC(=O)Cn1c(N)nc2ccc(OC)nc21. The van der Waals surface area contributed by atoms with E-state index in [1.54, 1.807) is 12.1 Å². The number of esters is 1. The summed E-state index contributed by atoms with van der Waals surface area (Å²) < 4.78 is 11.1. The lowest BCUT2D eigenvalue weighted by Crippen LogP contribution is -2.14. The van der Waals surface area contributed by atoms with Gasteiger partial charge in [-0.2, -0.15) is 4.98 Å². The zero-order chi connectivity index (χ0) is 12.4. The molecule has 2 aromatic heterocycles. The minimum Gasteiger partial charge on any atom is -0.481 e. The molecule has 2 N–H and O–H groups in total. The number of imidazole rings is 1. The first-order chi connectivity index (χ1) is 8.15. The molecule has 7 heteroatoms. The normalized spacial score (nSPS) is 10.5. The van der Waals surface area contributed by atoms with Crippen molar-refractivity contribution in [1.82, 2.24) is 14.5 Å². The lowest BCUT2D eigenvalue weighted by Gasteiger charge is -2.04. The van der Waals surface area contributed by atoms with Crippen LogP contribution in [0.4, 0.5) is 5.95 Å². The smallest absolute Gasteiger partial charge is 0.325 e. The number of fused-ring (bicyclic) bond motifs is 1. The van der Waals surface area contributed by atoms with Crippen molar-refractivity contribution in [2.45, 2.75) is 6.54 Å². The van der Waals surface area contributed by atoms with Crippen molar-refractivity contribution in [3.8, 4) is 5.88 Å². The first kappa shape index (κ1) is 11.2. The average Bonchev–Trinajstić information content (AvgIpc) is 2.65. The minimum absolute atomic E-state index is 0.0288. The van der Waals surface area contributed by atoms with Gasteiger partial charge in [0.1, 0.15) is 12.1 Å². The van der Waals surface area contributed by atoms with Crippen LogP contribution in [0.3, 0.4) is 0 Å². The van der Waals surface area contributed by atoms with E-state index >= 15 is 0 Å². The predicted octanol–water partition coefficient (Wildman–Crippen LogP) is 0.195. The number of aromatic nitrogens is 3. The largest absolute Gasteiger partial charge is 0.481 e. The Kier molecular flexibility index (Phi) is 2.82. The van der Waals surface area contributed by atoms with E-state index in [2.05, 4.69) is 14.7 Å². The molecule has 0 aromatic carbocycles. The molecular formula is C10H12N4O3. The van der Waals surface area contributed by atoms with Gasteiger partial charge in [0.2, 0.25) is 11.8 Å². The maximum atomic E-state index is 11.2. The maximum absolute atomic E-state index is 11.2. The molecule has 2 heterocycles. The van der Waals surface area contributed by atoms with Gasteiger partial charge in [-0.05, 0) is 6.07 Å². The summed E-state index contributed by atoms with van der Waals surface area (Å²) in [6, 6.07) is 3.41. The Balaban J connectivity index is 2.52. The van der Waals surface area contributed by atoms with E-state index in [-0.39, 0.29) is 12.5 Å². The standard InChI is InChI=1S/C10H12N4O3/c1-16-7-4-3-6-9(13-7)14(10(11)12-6)5-8(15)17-2/h3-4H,5H2,1-2H3,(H2,11,12). The van der Waals surface area contributed by atoms with Crippen molar-refractivity contribution in [2.24, 2.45) is 0 Å². The van der Waals surface area contributed by atoms with E-state index in [1.165, 1.54) is 18.8 Å². The molecule has 0 aliphatic carbocycles. The van der Waals surface area contributed by atoms with E-state index in [9.17, 15) is 4.79 Å². The molecule has 0 amide bonds. The van der Waals surface area contributed by atoms with Crippen LogP contribution in [0.15, 0.2) is 12.1 Å². The molecule has 0 saturated carbocycles. The van der Waals surface area contributed by atoms with Crippen LogP contribution >= 0.6 is 0 Å². The number of hydrogen-bond acceptors (Lipinski definition) is 6. The second-order valence-corrected chi connectivity index (χ2v) is 3.33. The van der Waals surface area contributed by atoms with Crippen molar-refractivity contribution in [3.05, 3.63) is 12.1 Å². The van der Waals surface area contributed by atoms with Gasteiger partial charge in [0, 0.05) is 6.07 Å². The summed E-state index contributed by atoms with van der Waals surface area (Å²) in [5, 5.41) is 0. The quantitative estimate of drug-likeness (QED) is 0.765. The van der Waals surface area contributed by atoms with Gasteiger partial charge < -0.3 is 15.2 Å². The van der Waals surface area contributed by atoms with E-state index < -0.39 is 5.97 Å². The highest BCUT2D eigenvalue weighted by molar-refractivity contribution is 5.78. The first-order valence-corrected chi connectivity index (χ1v) is 4.89. The summed E-state index contributed by atoms with van der Waals surface area (Å²) in [5.41, 5.74) is 6.81. The van der Waals surface area contributed by atoms with Gasteiger partial charge in [0.05, 0.1) is 14.2 Å². The van der Waals surface area contributed by atoms with Crippen LogP contribution in [-0.2, 0) is 16.1 Å². The van der Waals surface area contributed by atoms with E-state index in [4.69, 9.17) is 10.5 Å². The molecule has 2 aromatic rings. The molecule has 2 rings (SSSR count). The van der Waals surface area contributed by atoms with Gasteiger partial charge in [0.15, 0.2) is 5.65 Å². The van der Waals surface area contributed by atoms with E-state index in [0.29, 0.717) is 17.0 Å². The Bertz CT molecular complexity index is 564. The summed E-state index contributed by atoms with van der Waals surface area (Å²) in [6.45, 7) is -0.0288. The molecule has 90 valence electrons. The number of carbonyl (C=O) groups is 1. The fourth-order valence-electron chi connectivity index (χ4n) is 1.47. The van der Waals surface area contributed by atoms with E-state index in [1.807, 2.05) is 0 Å². The summed E-state index contributed by atoms with van der Waals surface area (Å²) in [5.74, 6) is 0.232. The van der Waals surface area contributed by atoms with Gasteiger partial charge in [-0.3, -0.25) is 9.36 Å². The Morgan fingerprint density at radius 3 is 2.82 bits per heavy atom. The van der Waals surface area contributed by atoms with Gasteiger partial charge in [-0.15, -0.1) is 0 Å². The third kappa shape index (κ3) is 1.99. The molecule has 0 unspecified atom stereocenters. The van der Waals surface area contributed by atoms with Crippen molar-refractivity contribution in [2.75, 3.05) is 20.0 Å². The molecule has 17 heavy (non-hydrogen) atoms. The number of nitrogens with two attached hydrogens (primary N) is 1. The summed E-state index contributed by atoms with van der Waals surface area (Å²) in [7, 11) is 2.82. The Hall–Kier alpha value is -2.31. The zero-order valence-electron chi connectivity index (χ0n) is 9.51. The zero-order valence-corrected chi connectivity index (χ0v) is 9.51. The molecule has 0 bridgehead atoms. The van der Waals surface area contributed by atoms with Crippen LogP contribution in [0, 0.1) is 0 Å². The highest BCUT2D eigenvalue weighted by Crippen LogP contribution is 2.19. The molecule has 0 aliphatic heterocycles. The Labute approximate surface area is 97.2 Å². The second kappa shape index (κ2) is 4.28. The first-order valence-electron chi connectivity index (χ1n) is 4.89. The third-order valence-electron chi connectivity index (χ3n) is 2.32. The Morgan fingerprint density at radius 1 is 1.41 bits per heavy atom. The number of ether oxygens (including phenoxy) is 2. The fourth-order valence-corrected chi connectivity index (χ4v) is 1.47. The summed E-state index contributed by atoms with van der Waals surface area (Å²) in [4.78, 5) is 19.5. The molecule has 7 nitrogen and oxygen atoms in total. The topological polar surface area (TPSA) is 92.3 Å². The van der Waals surface area contributed by atoms with Crippen LogP contribution in [0.5, 0.6) is 5.88 Å². The van der Waals surface area contributed by atoms with Gasteiger partial charge in [-0.1, -0.05) is 0 Å². The van der Waals surface area contributed by atoms with Gasteiger partial charge >= 0.3 is 5.97 Å². The predicted molar refractivity (Wildman–Crippen MR) is 60.5 cm³/mol. The van der Waals surface area contributed by atoms with Crippen LogP contribution in [0.1, 0.15) is 0 Å². The van der Waals surface area contributed by atoms with Crippen molar-refractivity contribution in [1.29, 1.82) is 0 Å². The van der Waals surface area contributed by atoms with Gasteiger partial charge in [-0.25, -0.2) is 4.98 Å². The van der Waals surface area contributed by atoms with Crippen LogP contribution < -0.4 is 10.5 Å². The monoisotopic (exact) mass is 236 g/mol. The number of pyridine rings is 1. The maximum Gasteiger partial charge on any atom is 0.325 e. The third-order valence-corrected chi connectivity index (χ3v) is 2.32. The van der Waals surface area contributed by atoms with Crippen LogP contribution in [-0.4, -0.2) is 34.7 Å².